The van der Waals surface area contributed by atoms with Crippen molar-refractivity contribution in [1.82, 2.24) is 5.32 Å². The van der Waals surface area contributed by atoms with Crippen LogP contribution >= 0.6 is 0 Å². The Morgan fingerprint density at radius 3 is 2.92 bits per heavy atom. The maximum atomic E-state index is 12.7. The molecule has 3 N–H and O–H groups in total. The highest BCUT2D eigenvalue weighted by Crippen LogP contribution is 2.12. The number of nitrogens with two attached hydrogens (primary N) is 1. The molecule has 1 rings (SSSR count). The third-order valence-electron chi connectivity index (χ3n) is 1.65. The molecular weight excluding hydrogens is 167 g/mol. The Kier molecular flexibility index (Phi) is 3.46. The van der Waals surface area contributed by atoms with E-state index in [9.17, 15) is 4.39 Å². The lowest BCUT2D eigenvalue weighted by molar-refractivity contribution is 0.632. The molecule has 0 radical (unpaired) electrons. The van der Waals surface area contributed by atoms with Gasteiger partial charge in [-0.2, -0.15) is 0 Å². The van der Waals surface area contributed by atoms with Crippen LogP contribution in [0, 0.1) is 5.82 Å². The zero-order valence-electron chi connectivity index (χ0n) is 7.55. The SMILES string of the molecule is CNCC=Cc1ccc(F)c(N)c1. The van der Waals surface area contributed by atoms with Crippen LogP contribution in [0.4, 0.5) is 10.1 Å². The summed E-state index contributed by atoms with van der Waals surface area (Å²) in [6, 6.07) is 4.67. The van der Waals surface area contributed by atoms with E-state index in [1.165, 1.54) is 6.07 Å². The molecule has 0 bridgehead atoms. The fraction of sp³-hybridized carbons (Fsp3) is 0.200. The van der Waals surface area contributed by atoms with Crippen LogP contribution in [0.5, 0.6) is 0 Å². The first-order chi connectivity index (χ1) is 6.24. The Bertz CT molecular complexity index is 308. The Hall–Kier alpha value is -1.35. The highest BCUT2D eigenvalue weighted by Gasteiger charge is 1.95. The van der Waals surface area contributed by atoms with E-state index in [1.54, 1.807) is 12.1 Å². The van der Waals surface area contributed by atoms with Crippen LogP contribution in [0.25, 0.3) is 6.08 Å². The zero-order chi connectivity index (χ0) is 9.68. The molecule has 0 atom stereocenters. The minimum atomic E-state index is -0.370. The lowest BCUT2D eigenvalue weighted by Crippen LogP contribution is -2.03. The van der Waals surface area contributed by atoms with Crippen molar-refractivity contribution in [3.05, 3.63) is 35.7 Å². The van der Waals surface area contributed by atoms with Gasteiger partial charge < -0.3 is 11.1 Å². The third kappa shape index (κ3) is 2.87. The van der Waals surface area contributed by atoms with Crippen LogP contribution in [0.3, 0.4) is 0 Å². The number of nitrogens with one attached hydrogen (secondary N) is 1. The second kappa shape index (κ2) is 4.62. The molecule has 0 amide bonds. The smallest absolute Gasteiger partial charge is 0.146 e. The highest BCUT2D eigenvalue weighted by atomic mass is 19.1. The summed E-state index contributed by atoms with van der Waals surface area (Å²) in [5, 5.41) is 2.97. The van der Waals surface area contributed by atoms with Crippen molar-refractivity contribution in [2.24, 2.45) is 0 Å². The Labute approximate surface area is 77.3 Å². The lowest BCUT2D eigenvalue weighted by atomic mass is 10.2. The van der Waals surface area contributed by atoms with Gasteiger partial charge in [0.1, 0.15) is 5.82 Å². The lowest BCUT2D eigenvalue weighted by Gasteiger charge is -1.97. The molecule has 0 aliphatic carbocycles. The number of rotatable bonds is 3. The van der Waals surface area contributed by atoms with Gasteiger partial charge in [-0.25, -0.2) is 4.39 Å². The fourth-order valence-electron chi connectivity index (χ4n) is 0.979. The predicted molar refractivity (Wildman–Crippen MR) is 53.8 cm³/mol. The molecule has 70 valence electrons. The normalized spacial score (nSPS) is 10.9. The fourth-order valence-corrected chi connectivity index (χ4v) is 0.979. The Morgan fingerprint density at radius 2 is 2.31 bits per heavy atom. The van der Waals surface area contributed by atoms with E-state index in [1.807, 2.05) is 19.2 Å². The maximum absolute atomic E-state index is 12.7. The van der Waals surface area contributed by atoms with E-state index in [0.29, 0.717) is 0 Å². The van der Waals surface area contributed by atoms with Gasteiger partial charge in [-0.15, -0.1) is 0 Å². The molecule has 2 nitrogen and oxygen atoms in total. The van der Waals surface area contributed by atoms with Crippen molar-refractivity contribution in [2.75, 3.05) is 19.3 Å². The molecule has 0 aliphatic heterocycles. The number of anilines is 1. The van der Waals surface area contributed by atoms with Gasteiger partial charge in [-0.3, -0.25) is 0 Å². The largest absolute Gasteiger partial charge is 0.396 e. The molecule has 0 saturated heterocycles. The summed E-state index contributed by atoms with van der Waals surface area (Å²) in [5.41, 5.74) is 6.50. The van der Waals surface area contributed by atoms with Gasteiger partial charge in [-0.1, -0.05) is 18.2 Å². The summed E-state index contributed by atoms with van der Waals surface area (Å²) >= 11 is 0. The minimum Gasteiger partial charge on any atom is -0.396 e. The van der Waals surface area contributed by atoms with Crippen molar-refractivity contribution < 1.29 is 4.39 Å². The predicted octanol–water partition coefficient (Wildman–Crippen LogP) is 1.64. The minimum absolute atomic E-state index is 0.187. The highest BCUT2D eigenvalue weighted by molar-refractivity contribution is 5.56. The number of benzene rings is 1. The standard InChI is InChI=1S/C10H13FN2/c1-13-6-2-3-8-4-5-9(11)10(12)7-8/h2-5,7,13H,6,12H2,1H3. The number of hydrogen-bond acceptors (Lipinski definition) is 2. The Balaban J connectivity index is 2.73. The number of nitrogen functional groups attached to an aromatic ring is 1. The van der Waals surface area contributed by atoms with Crippen molar-refractivity contribution in [2.45, 2.75) is 0 Å². The van der Waals surface area contributed by atoms with Crippen LogP contribution in [-0.2, 0) is 0 Å². The van der Waals surface area contributed by atoms with Crippen LogP contribution < -0.4 is 11.1 Å². The molecule has 3 heteroatoms. The van der Waals surface area contributed by atoms with Gasteiger partial charge in [0, 0.05) is 6.54 Å². The van der Waals surface area contributed by atoms with Crippen molar-refractivity contribution >= 4 is 11.8 Å². The average Bonchev–Trinajstić information content (AvgIpc) is 2.12. The first-order valence-corrected chi connectivity index (χ1v) is 4.10. The van der Waals surface area contributed by atoms with Crippen LogP contribution in [-0.4, -0.2) is 13.6 Å². The van der Waals surface area contributed by atoms with E-state index in [4.69, 9.17) is 5.73 Å². The molecule has 0 spiro atoms. The molecular formula is C10H13FN2. The average molecular weight is 180 g/mol. The molecule has 0 aliphatic rings. The molecule has 0 heterocycles. The summed E-state index contributed by atoms with van der Waals surface area (Å²) in [6.45, 7) is 0.789. The van der Waals surface area contributed by atoms with E-state index >= 15 is 0 Å². The summed E-state index contributed by atoms with van der Waals surface area (Å²) in [5.74, 6) is -0.370. The monoisotopic (exact) mass is 180 g/mol. The summed E-state index contributed by atoms with van der Waals surface area (Å²) in [7, 11) is 1.86. The maximum Gasteiger partial charge on any atom is 0.146 e. The topological polar surface area (TPSA) is 38.0 Å². The van der Waals surface area contributed by atoms with Gasteiger partial charge in [-0.05, 0) is 24.7 Å². The van der Waals surface area contributed by atoms with Crippen LogP contribution in [0.1, 0.15) is 5.56 Å². The van der Waals surface area contributed by atoms with E-state index < -0.39 is 0 Å². The van der Waals surface area contributed by atoms with Crippen LogP contribution in [0.2, 0.25) is 0 Å². The summed E-state index contributed by atoms with van der Waals surface area (Å²) < 4.78 is 12.7. The number of halogens is 1. The zero-order valence-corrected chi connectivity index (χ0v) is 7.55. The molecule has 13 heavy (non-hydrogen) atoms. The molecule has 0 aromatic heterocycles. The second-order valence-corrected chi connectivity index (χ2v) is 2.74. The van der Waals surface area contributed by atoms with E-state index in [-0.39, 0.29) is 11.5 Å². The van der Waals surface area contributed by atoms with Crippen molar-refractivity contribution in [3.8, 4) is 0 Å². The van der Waals surface area contributed by atoms with Gasteiger partial charge in [0.05, 0.1) is 5.69 Å². The molecule has 0 saturated carbocycles. The second-order valence-electron chi connectivity index (χ2n) is 2.74. The van der Waals surface area contributed by atoms with E-state index in [0.717, 1.165) is 12.1 Å². The summed E-state index contributed by atoms with van der Waals surface area (Å²) in [6.07, 6.45) is 3.85. The molecule has 0 unspecified atom stereocenters. The van der Waals surface area contributed by atoms with Gasteiger partial charge >= 0.3 is 0 Å². The molecule has 1 aromatic carbocycles. The Morgan fingerprint density at radius 1 is 1.54 bits per heavy atom. The van der Waals surface area contributed by atoms with Crippen molar-refractivity contribution in [1.29, 1.82) is 0 Å². The molecule has 1 aromatic rings. The van der Waals surface area contributed by atoms with Gasteiger partial charge in [0.15, 0.2) is 0 Å². The first kappa shape index (κ1) is 9.74. The third-order valence-corrected chi connectivity index (χ3v) is 1.65. The van der Waals surface area contributed by atoms with Gasteiger partial charge in [0.25, 0.3) is 0 Å². The summed E-state index contributed by atoms with van der Waals surface area (Å²) in [4.78, 5) is 0. The first-order valence-electron chi connectivity index (χ1n) is 4.10. The van der Waals surface area contributed by atoms with Crippen LogP contribution in [0.15, 0.2) is 24.3 Å². The number of likely N-dealkylation sites (N-methyl/N-ethyl adjacent to an activating group) is 1. The van der Waals surface area contributed by atoms with Crippen molar-refractivity contribution in [3.63, 3.8) is 0 Å². The number of hydrogen-bond donors (Lipinski definition) is 2. The quantitative estimate of drug-likeness (QED) is 0.694. The van der Waals surface area contributed by atoms with Gasteiger partial charge in [0.2, 0.25) is 0 Å². The van der Waals surface area contributed by atoms with E-state index in [2.05, 4.69) is 5.32 Å². The molecule has 0 fully saturated rings.